The van der Waals surface area contributed by atoms with Gasteiger partial charge in [0, 0.05) is 12.0 Å². The highest BCUT2D eigenvalue weighted by atomic mass is 16.5. The number of Topliss-reactive ketones (excluding diaryl/α,β-unsaturated/α-hetero) is 2. The van der Waals surface area contributed by atoms with E-state index in [9.17, 15) is 19.2 Å². The van der Waals surface area contributed by atoms with Crippen LogP contribution in [-0.4, -0.2) is 46.8 Å². The lowest BCUT2D eigenvalue weighted by Crippen LogP contribution is -2.38. The summed E-state index contributed by atoms with van der Waals surface area (Å²) in [7, 11) is 0. The predicted molar refractivity (Wildman–Crippen MR) is 83.5 cm³/mol. The molecule has 1 unspecified atom stereocenters. The molecular formula is C16H21N3O5. The van der Waals surface area contributed by atoms with Gasteiger partial charge in [-0.2, -0.15) is 5.10 Å². The number of fused-ring (bicyclic) bond motifs is 1. The summed E-state index contributed by atoms with van der Waals surface area (Å²) in [5.41, 5.74) is 1.30. The number of amides is 1. The van der Waals surface area contributed by atoms with Crippen LogP contribution >= 0.6 is 0 Å². The SMILES string of the molecule is CCOC(=O)c1n[nH]c2c1CCCC2C(=O)C(=O)NCC(=O)CC. The highest BCUT2D eigenvalue weighted by molar-refractivity contribution is 6.38. The van der Waals surface area contributed by atoms with Crippen molar-refractivity contribution in [1.82, 2.24) is 15.5 Å². The van der Waals surface area contributed by atoms with Crippen LogP contribution in [0.3, 0.4) is 0 Å². The molecule has 1 aromatic rings. The third-order valence-electron chi connectivity index (χ3n) is 4.02. The van der Waals surface area contributed by atoms with Gasteiger partial charge in [-0.1, -0.05) is 6.92 Å². The Hall–Kier alpha value is -2.51. The minimum atomic E-state index is -0.790. The van der Waals surface area contributed by atoms with E-state index in [1.165, 1.54) is 0 Å². The Bertz CT molecular complexity index is 665. The summed E-state index contributed by atoms with van der Waals surface area (Å²) in [5.74, 6) is -2.78. The molecule has 0 aromatic carbocycles. The van der Waals surface area contributed by atoms with Crippen molar-refractivity contribution in [3.05, 3.63) is 17.0 Å². The zero-order valence-corrected chi connectivity index (χ0v) is 13.8. The summed E-state index contributed by atoms with van der Waals surface area (Å²) in [5, 5.41) is 9.01. The summed E-state index contributed by atoms with van der Waals surface area (Å²) >= 11 is 0. The molecule has 0 fully saturated rings. The van der Waals surface area contributed by atoms with Crippen molar-refractivity contribution in [1.29, 1.82) is 0 Å². The number of nitrogens with zero attached hydrogens (tertiary/aromatic N) is 1. The van der Waals surface area contributed by atoms with E-state index in [2.05, 4.69) is 15.5 Å². The monoisotopic (exact) mass is 335 g/mol. The zero-order chi connectivity index (χ0) is 17.7. The first kappa shape index (κ1) is 17.8. The topological polar surface area (TPSA) is 118 Å². The Balaban J connectivity index is 2.14. The van der Waals surface area contributed by atoms with E-state index in [0.717, 1.165) is 0 Å². The Morgan fingerprint density at radius 3 is 2.71 bits per heavy atom. The van der Waals surface area contributed by atoms with Gasteiger partial charge in [-0.05, 0) is 26.2 Å². The summed E-state index contributed by atoms with van der Waals surface area (Å²) in [6.45, 7) is 3.46. The molecule has 0 saturated carbocycles. The molecule has 1 heterocycles. The number of H-pyrrole nitrogens is 1. The lowest BCUT2D eigenvalue weighted by molar-refractivity contribution is -0.139. The molecule has 1 amide bonds. The maximum atomic E-state index is 12.4. The van der Waals surface area contributed by atoms with Crippen molar-refractivity contribution in [2.24, 2.45) is 0 Å². The van der Waals surface area contributed by atoms with Crippen LogP contribution in [0.5, 0.6) is 0 Å². The standard InChI is InChI=1S/C16H21N3O5/c1-3-9(20)8-17-15(22)14(21)11-7-5-6-10-12(11)18-19-13(10)16(23)24-4-2/h11H,3-8H2,1-2H3,(H,17,22)(H,18,19). The second-order valence-electron chi connectivity index (χ2n) is 5.57. The number of hydrogen-bond donors (Lipinski definition) is 2. The van der Waals surface area contributed by atoms with E-state index >= 15 is 0 Å². The Kier molecular flexibility index (Phi) is 5.83. The lowest BCUT2D eigenvalue weighted by Gasteiger charge is -2.20. The molecule has 2 rings (SSSR count). The molecule has 24 heavy (non-hydrogen) atoms. The Morgan fingerprint density at radius 1 is 1.29 bits per heavy atom. The quantitative estimate of drug-likeness (QED) is 0.558. The molecular weight excluding hydrogens is 314 g/mol. The van der Waals surface area contributed by atoms with E-state index < -0.39 is 23.6 Å². The number of nitrogens with one attached hydrogen (secondary N) is 2. The highest BCUT2D eigenvalue weighted by Gasteiger charge is 2.35. The molecule has 0 aliphatic heterocycles. The first-order chi connectivity index (χ1) is 11.5. The van der Waals surface area contributed by atoms with Crippen molar-refractivity contribution in [3.8, 4) is 0 Å². The average molecular weight is 335 g/mol. The number of aromatic nitrogens is 2. The summed E-state index contributed by atoms with van der Waals surface area (Å²) in [4.78, 5) is 47.5. The van der Waals surface area contributed by atoms with Gasteiger partial charge in [0.05, 0.1) is 24.8 Å². The van der Waals surface area contributed by atoms with Crippen LogP contribution in [0.2, 0.25) is 0 Å². The molecule has 0 bridgehead atoms. The Labute approximate surface area is 139 Å². The van der Waals surface area contributed by atoms with Crippen LogP contribution in [0.25, 0.3) is 0 Å². The fourth-order valence-electron chi connectivity index (χ4n) is 2.73. The van der Waals surface area contributed by atoms with Gasteiger partial charge in [-0.25, -0.2) is 4.79 Å². The van der Waals surface area contributed by atoms with Gasteiger partial charge in [-0.15, -0.1) is 0 Å². The maximum Gasteiger partial charge on any atom is 0.359 e. The van der Waals surface area contributed by atoms with E-state index in [-0.39, 0.29) is 24.6 Å². The fourth-order valence-corrected chi connectivity index (χ4v) is 2.73. The largest absolute Gasteiger partial charge is 0.461 e. The first-order valence-electron chi connectivity index (χ1n) is 8.07. The molecule has 8 heteroatoms. The molecule has 8 nitrogen and oxygen atoms in total. The molecule has 0 radical (unpaired) electrons. The number of ether oxygens (including phenoxy) is 1. The molecule has 1 aliphatic carbocycles. The minimum Gasteiger partial charge on any atom is -0.461 e. The first-order valence-corrected chi connectivity index (χ1v) is 8.07. The van der Waals surface area contributed by atoms with Gasteiger partial charge in [0.15, 0.2) is 11.5 Å². The summed E-state index contributed by atoms with van der Waals surface area (Å²) < 4.78 is 4.95. The normalized spacial score (nSPS) is 16.2. The molecule has 0 saturated heterocycles. The van der Waals surface area contributed by atoms with Crippen LogP contribution < -0.4 is 5.32 Å². The van der Waals surface area contributed by atoms with Gasteiger partial charge in [0.25, 0.3) is 5.91 Å². The molecule has 1 aliphatic rings. The molecule has 0 spiro atoms. The minimum absolute atomic E-state index is 0.147. The second-order valence-corrected chi connectivity index (χ2v) is 5.57. The van der Waals surface area contributed by atoms with Crippen molar-refractivity contribution < 1.29 is 23.9 Å². The van der Waals surface area contributed by atoms with Gasteiger partial charge in [0.2, 0.25) is 5.78 Å². The molecule has 2 N–H and O–H groups in total. The van der Waals surface area contributed by atoms with Crippen LogP contribution in [0.1, 0.15) is 60.8 Å². The average Bonchev–Trinajstić information content (AvgIpc) is 3.03. The third-order valence-corrected chi connectivity index (χ3v) is 4.02. The second kappa shape index (κ2) is 7.85. The zero-order valence-electron chi connectivity index (χ0n) is 13.8. The number of carbonyl (C=O) groups excluding carboxylic acids is 4. The fraction of sp³-hybridized carbons (Fsp3) is 0.562. The van der Waals surface area contributed by atoms with Gasteiger partial charge in [0.1, 0.15) is 0 Å². The summed E-state index contributed by atoms with van der Waals surface area (Å²) in [6.07, 6.45) is 2.05. The van der Waals surface area contributed by atoms with E-state index in [1.54, 1.807) is 13.8 Å². The number of ketones is 2. The number of esters is 1. The van der Waals surface area contributed by atoms with Crippen molar-refractivity contribution >= 4 is 23.4 Å². The van der Waals surface area contributed by atoms with Crippen molar-refractivity contribution in [2.75, 3.05) is 13.2 Å². The van der Waals surface area contributed by atoms with Crippen molar-refractivity contribution in [2.45, 2.75) is 45.4 Å². The van der Waals surface area contributed by atoms with E-state index in [1.807, 2.05) is 0 Å². The van der Waals surface area contributed by atoms with Crippen molar-refractivity contribution in [3.63, 3.8) is 0 Å². The van der Waals surface area contributed by atoms with Crippen LogP contribution in [0.4, 0.5) is 0 Å². The van der Waals surface area contributed by atoms with E-state index in [0.29, 0.717) is 36.9 Å². The molecule has 1 atom stereocenters. The third kappa shape index (κ3) is 3.69. The predicted octanol–water partition coefficient (Wildman–Crippen LogP) is 0.671. The molecule has 1 aromatic heterocycles. The number of aromatic amines is 1. The van der Waals surface area contributed by atoms with E-state index in [4.69, 9.17) is 4.74 Å². The van der Waals surface area contributed by atoms with Gasteiger partial charge in [-0.3, -0.25) is 19.5 Å². The van der Waals surface area contributed by atoms with Gasteiger partial charge >= 0.3 is 5.97 Å². The number of rotatable bonds is 7. The Morgan fingerprint density at radius 2 is 2.04 bits per heavy atom. The summed E-state index contributed by atoms with van der Waals surface area (Å²) in [6, 6.07) is 0. The lowest BCUT2D eigenvalue weighted by atomic mass is 9.83. The smallest absolute Gasteiger partial charge is 0.359 e. The van der Waals surface area contributed by atoms with Crippen LogP contribution in [-0.2, 0) is 25.5 Å². The highest BCUT2D eigenvalue weighted by Crippen LogP contribution is 2.32. The van der Waals surface area contributed by atoms with Crippen LogP contribution in [0, 0.1) is 0 Å². The maximum absolute atomic E-state index is 12.4. The number of hydrogen-bond acceptors (Lipinski definition) is 6. The van der Waals surface area contributed by atoms with Crippen LogP contribution in [0.15, 0.2) is 0 Å². The van der Waals surface area contributed by atoms with Gasteiger partial charge < -0.3 is 10.1 Å². The number of carbonyl (C=O) groups is 4. The molecule has 130 valence electrons.